The van der Waals surface area contributed by atoms with Crippen molar-refractivity contribution in [3.63, 3.8) is 0 Å². The van der Waals surface area contributed by atoms with Crippen molar-refractivity contribution in [3.05, 3.63) is 29.8 Å². The molecule has 19 heavy (non-hydrogen) atoms. The molecule has 5 heteroatoms. The highest BCUT2D eigenvalue weighted by Gasteiger charge is 2.19. The van der Waals surface area contributed by atoms with Gasteiger partial charge in [0.2, 0.25) is 0 Å². The van der Waals surface area contributed by atoms with E-state index in [9.17, 15) is 0 Å². The second-order valence-corrected chi connectivity index (χ2v) is 5.00. The molecule has 0 amide bonds. The molecule has 1 unspecified atom stereocenters. The van der Waals surface area contributed by atoms with E-state index in [1.165, 1.54) is 19.3 Å². The van der Waals surface area contributed by atoms with Crippen molar-refractivity contribution in [3.8, 4) is 11.5 Å². The predicted octanol–water partition coefficient (Wildman–Crippen LogP) is 2.64. The van der Waals surface area contributed by atoms with E-state index in [2.05, 4.69) is 20.4 Å². The minimum atomic E-state index is 0.221. The van der Waals surface area contributed by atoms with Crippen LogP contribution < -0.4 is 5.32 Å². The molecule has 0 bridgehead atoms. The summed E-state index contributed by atoms with van der Waals surface area (Å²) in [5, 5.41) is 7.58. The molecular formula is C14H18N4O. The second kappa shape index (κ2) is 5.48. The van der Waals surface area contributed by atoms with E-state index in [1.807, 2.05) is 19.1 Å². The first kappa shape index (κ1) is 12.3. The van der Waals surface area contributed by atoms with Crippen LogP contribution in [-0.2, 0) is 0 Å². The molecule has 1 atom stereocenters. The zero-order valence-corrected chi connectivity index (χ0v) is 11.1. The van der Waals surface area contributed by atoms with E-state index in [1.54, 1.807) is 6.20 Å². The Morgan fingerprint density at radius 2 is 2.21 bits per heavy atom. The van der Waals surface area contributed by atoms with Crippen LogP contribution in [0.25, 0.3) is 11.5 Å². The number of hydrogen-bond donors (Lipinski definition) is 1. The first-order valence-electron chi connectivity index (χ1n) is 6.83. The Morgan fingerprint density at radius 1 is 1.26 bits per heavy atom. The van der Waals surface area contributed by atoms with E-state index in [-0.39, 0.29) is 6.04 Å². The van der Waals surface area contributed by atoms with Gasteiger partial charge < -0.3 is 9.84 Å². The van der Waals surface area contributed by atoms with Crippen molar-refractivity contribution in [2.45, 2.75) is 38.6 Å². The largest absolute Gasteiger partial charge is 0.334 e. The van der Waals surface area contributed by atoms with Gasteiger partial charge in [-0.15, -0.1) is 0 Å². The number of aromatic nitrogens is 3. The van der Waals surface area contributed by atoms with Crippen molar-refractivity contribution in [2.75, 3.05) is 6.54 Å². The first-order chi connectivity index (χ1) is 9.33. The summed E-state index contributed by atoms with van der Waals surface area (Å²) in [6.07, 6.45) is 6.56. The smallest absolute Gasteiger partial charge is 0.259 e. The van der Waals surface area contributed by atoms with Crippen LogP contribution in [0.2, 0.25) is 0 Å². The quantitative estimate of drug-likeness (QED) is 0.897. The van der Waals surface area contributed by atoms with Gasteiger partial charge in [0, 0.05) is 11.9 Å². The number of nitrogens with zero attached hydrogens (tertiary/aromatic N) is 3. The SMILES string of the molecule is Cc1ccc(-c2nc(C3CCCCCN3)no2)cn1. The summed E-state index contributed by atoms with van der Waals surface area (Å²) in [4.78, 5) is 8.74. The molecule has 0 aliphatic carbocycles. The summed E-state index contributed by atoms with van der Waals surface area (Å²) in [5.74, 6) is 1.31. The van der Waals surface area contributed by atoms with Gasteiger partial charge >= 0.3 is 0 Å². The van der Waals surface area contributed by atoms with E-state index in [4.69, 9.17) is 4.52 Å². The summed E-state index contributed by atoms with van der Waals surface area (Å²) >= 11 is 0. The predicted molar refractivity (Wildman–Crippen MR) is 71.5 cm³/mol. The van der Waals surface area contributed by atoms with Gasteiger partial charge in [0.05, 0.1) is 11.6 Å². The zero-order chi connectivity index (χ0) is 13.1. The monoisotopic (exact) mass is 258 g/mol. The van der Waals surface area contributed by atoms with Crippen molar-refractivity contribution in [1.29, 1.82) is 0 Å². The molecule has 1 aliphatic heterocycles. The molecule has 5 nitrogen and oxygen atoms in total. The Balaban J connectivity index is 1.80. The maximum absolute atomic E-state index is 5.34. The fourth-order valence-corrected chi connectivity index (χ4v) is 2.34. The van der Waals surface area contributed by atoms with Gasteiger partial charge in [-0.2, -0.15) is 4.98 Å². The Bertz CT molecular complexity index is 527. The van der Waals surface area contributed by atoms with Gasteiger partial charge in [0.15, 0.2) is 5.82 Å². The Morgan fingerprint density at radius 3 is 3.05 bits per heavy atom. The molecule has 3 heterocycles. The molecule has 3 rings (SSSR count). The minimum absolute atomic E-state index is 0.221. The highest BCUT2D eigenvalue weighted by atomic mass is 16.5. The number of pyridine rings is 1. The lowest BCUT2D eigenvalue weighted by Gasteiger charge is -2.09. The summed E-state index contributed by atoms with van der Waals surface area (Å²) in [7, 11) is 0. The highest BCUT2D eigenvalue weighted by Crippen LogP contribution is 2.23. The molecule has 0 aromatic carbocycles. The first-order valence-corrected chi connectivity index (χ1v) is 6.83. The Labute approximate surface area is 112 Å². The molecule has 1 fully saturated rings. The molecule has 2 aromatic heterocycles. The zero-order valence-electron chi connectivity index (χ0n) is 11.1. The van der Waals surface area contributed by atoms with Crippen LogP contribution in [0, 0.1) is 6.92 Å². The normalized spacial score (nSPS) is 20.2. The summed E-state index contributed by atoms with van der Waals surface area (Å²) < 4.78 is 5.34. The van der Waals surface area contributed by atoms with Gasteiger partial charge in [0.1, 0.15) is 0 Å². The molecule has 1 aliphatic rings. The number of nitrogens with one attached hydrogen (secondary N) is 1. The molecule has 2 aromatic rings. The topological polar surface area (TPSA) is 63.8 Å². The Kier molecular flexibility index (Phi) is 3.55. The maximum Gasteiger partial charge on any atom is 0.259 e. The van der Waals surface area contributed by atoms with Gasteiger partial charge in [-0.05, 0) is 38.4 Å². The van der Waals surface area contributed by atoms with Gasteiger partial charge in [-0.25, -0.2) is 0 Å². The molecule has 0 radical (unpaired) electrons. The third kappa shape index (κ3) is 2.81. The van der Waals surface area contributed by atoms with E-state index < -0.39 is 0 Å². The van der Waals surface area contributed by atoms with Crippen LogP contribution in [-0.4, -0.2) is 21.7 Å². The molecular weight excluding hydrogens is 240 g/mol. The standard InChI is InChI=1S/C14H18N4O/c1-10-6-7-11(9-16-10)14-17-13(18-19-14)12-5-3-2-4-8-15-12/h6-7,9,12,15H,2-5,8H2,1H3. The van der Waals surface area contributed by atoms with Crippen LogP contribution in [0.3, 0.4) is 0 Å². The van der Waals surface area contributed by atoms with E-state index >= 15 is 0 Å². The van der Waals surface area contributed by atoms with Crippen LogP contribution in [0.5, 0.6) is 0 Å². The lowest BCUT2D eigenvalue weighted by atomic mass is 10.1. The fraction of sp³-hybridized carbons (Fsp3) is 0.500. The summed E-state index contributed by atoms with van der Waals surface area (Å²) in [6, 6.07) is 4.13. The molecule has 100 valence electrons. The average Bonchev–Trinajstić information content (AvgIpc) is 2.76. The van der Waals surface area contributed by atoms with Crippen LogP contribution >= 0.6 is 0 Å². The van der Waals surface area contributed by atoms with Gasteiger partial charge in [-0.1, -0.05) is 18.0 Å². The van der Waals surface area contributed by atoms with Gasteiger partial charge in [0.25, 0.3) is 5.89 Å². The number of rotatable bonds is 2. The van der Waals surface area contributed by atoms with Crippen molar-refractivity contribution in [1.82, 2.24) is 20.4 Å². The van der Waals surface area contributed by atoms with Gasteiger partial charge in [-0.3, -0.25) is 4.98 Å². The molecule has 1 N–H and O–H groups in total. The number of aryl methyl sites for hydroxylation is 1. The van der Waals surface area contributed by atoms with Crippen molar-refractivity contribution in [2.24, 2.45) is 0 Å². The van der Waals surface area contributed by atoms with Crippen LogP contribution in [0.1, 0.15) is 43.2 Å². The van der Waals surface area contributed by atoms with Crippen molar-refractivity contribution < 1.29 is 4.52 Å². The lowest BCUT2D eigenvalue weighted by molar-refractivity contribution is 0.402. The number of hydrogen-bond acceptors (Lipinski definition) is 5. The molecule has 0 saturated carbocycles. The average molecular weight is 258 g/mol. The van der Waals surface area contributed by atoms with E-state index in [0.717, 1.165) is 30.0 Å². The van der Waals surface area contributed by atoms with Crippen LogP contribution in [0.4, 0.5) is 0 Å². The van der Waals surface area contributed by atoms with Crippen LogP contribution in [0.15, 0.2) is 22.9 Å². The maximum atomic E-state index is 5.34. The molecule has 0 spiro atoms. The third-order valence-electron chi connectivity index (χ3n) is 3.47. The fourth-order valence-electron chi connectivity index (χ4n) is 2.34. The molecule has 1 saturated heterocycles. The Hall–Kier alpha value is -1.75. The lowest BCUT2D eigenvalue weighted by Crippen LogP contribution is -2.21. The van der Waals surface area contributed by atoms with Crippen molar-refractivity contribution >= 4 is 0 Å². The minimum Gasteiger partial charge on any atom is -0.334 e. The summed E-state index contributed by atoms with van der Waals surface area (Å²) in [6.45, 7) is 2.99. The summed E-state index contributed by atoms with van der Waals surface area (Å²) in [5.41, 5.74) is 1.85. The van der Waals surface area contributed by atoms with E-state index in [0.29, 0.717) is 5.89 Å². The third-order valence-corrected chi connectivity index (χ3v) is 3.47. The second-order valence-electron chi connectivity index (χ2n) is 5.00. The highest BCUT2D eigenvalue weighted by molar-refractivity contribution is 5.50.